The smallest absolute Gasteiger partial charge is 0.312 e. The third-order valence-electron chi connectivity index (χ3n) is 8.93. The van der Waals surface area contributed by atoms with Crippen LogP contribution >= 0.6 is 15.9 Å². The SMILES string of the molecule is C=CCCC(=O)NC[C@@H](C)OC(=O)[C@@H]1[C@H]2O[C@@]3(CC2Br)[C@H](C(=O)N(CC=C)C(C)CCC)N(CCCCCCO)C(=O)[C@@H]13. The van der Waals surface area contributed by atoms with Crippen LogP contribution in [0, 0.1) is 11.8 Å². The van der Waals surface area contributed by atoms with Crippen LogP contribution in [0.5, 0.6) is 0 Å². The van der Waals surface area contributed by atoms with Crippen molar-refractivity contribution in [2.24, 2.45) is 11.8 Å². The maximum Gasteiger partial charge on any atom is 0.312 e. The molecule has 3 rings (SSSR count). The number of unbranched alkanes of at least 4 members (excludes halogenated alkanes) is 3. The third kappa shape index (κ3) is 7.71. The van der Waals surface area contributed by atoms with Gasteiger partial charge in [-0.3, -0.25) is 19.2 Å². The van der Waals surface area contributed by atoms with Gasteiger partial charge in [0, 0.05) is 37.0 Å². The first-order chi connectivity index (χ1) is 20.6. The normalized spacial score (nSPS) is 28.7. The zero-order valence-electron chi connectivity index (χ0n) is 26.0. The molecule has 2 unspecified atom stereocenters. The van der Waals surface area contributed by atoms with E-state index in [1.165, 1.54) is 0 Å². The van der Waals surface area contributed by atoms with Gasteiger partial charge >= 0.3 is 5.97 Å². The topological polar surface area (TPSA) is 125 Å². The fourth-order valence-corrected chi connectivity index (χ4v) is 7.86. The van der Waals surface area contributed by atoms with Gasteiger partial charge in [0.05, 0.1) is 24.5 Å². The fraction of sp³-hybridized carbons (Fsp3) is 0.750. The van der Waals surface area contributed by atoms with E-state index in [2.05, 4.69) is 41.3 Å². The number of allylic oxidation sites excluding steroid dienone is 1. The van der Waals surface area contributed by atoms with E-state index in [0.29, 0.717) is 45.2 Å². The van der Waals surface area contributed by atoms with E-state index >= 15 is 0 Å². The number of fused-ring (bicyclic) bond motifs is 1. The zero-order chi connectivity index (χ0) is 31.7. The van der Waals surface area contributed by atoms with E-state index < -0.39 is 41.7 Å². The van der Waals surface area contributed by atoms with E-state index in [0.717, 1.165) is 25.7 Å². The largest absolute Gasteiger partial charge is 0.460 e. The lowest BCUT2D eigenvalue weighted by atomic mass is 9.70. The molecule has 10 nitrogen and oxygen atoms in total. The van der Waals surface area contributed by atoms with E-state index in [4.69, 9.17) is 9.47 Å². The van der Waals surface area contributed by atoms with Crippen molar-refractivity contribution in [1.82, 2.24) is 15.1 Å². The Balaban J connectivity index is 1.88. The second kappa shape index (κ2) is 16.2. The first-order valence-corrected chi connectivity index (χ1v) is 16.7. The quantitative estimate of drug-likeness (QED) is 0.0935. The van der Waals surface area contributed by atoms with Crippen LogP contribution in [0.25, 0.3) is 0 Å². The van der Waals surface area contributed by atoms with Gasteiger partial charge in [-0.25, -0.2) is 0 Å². The van der Waals surface area contributed by atoms with Gasteiger partial charge in [-0.2, -0.15) is 0 Å². The van der Waals surface area contributed by atoms with E-state index in [-0.39, 0.29) is 41.7 Å². The molecule has 2 bridgehead atoms. The number of alkyl halides is 1. The van der Waals surface area contributed by atoms with E-state index in [1.54, 1.807) is 28.9 Å². The van der Waals surface area contributed by atoms with Crippen molar-refractivity contribution in [3.8, 4) is 0 Å². The number of carbonyl (C=O) groups excluding carboxylic acids is 4. The Hall–Kier alpha value is -2.24. The monoisotopic (exact) mass is 667 g/mol. The number of carbonyl (C=O) groups is 4. The van der Waals surface area contributed by atoms with Gasteiger partial charge in [-0.1, -0.05) is 54.3 Å². The van der Waals surface area contributed by atoms with Crippen LogP contribution in [-0.4, -0.2) is 99.6 Å². The van der Waals surface area contributed by atoms with Crippen molar-refractivity contribution in [1.29, 1.82) is 0 Å². The standard InChI is InChI=1S/C32H50BrN3O7/c1-6-9-15-24(38)34-20-22(5)42-31(41)25-26-29(39)36(17-12-10-11-13-18-37)28(32(26)19-23(33)27(25)43-32)30(40)35(16-8-3)21(4)14-7-2/h6,8,21-23,25-28,37H,1,3,7,9-20H2,2,4-5H3,(H,34,38)/t21?,22-,23?,25+,26-,27+,28+,32-/m1/s1. The van der Waals surface area contributed by atoms with Crippen LogP contribution < -0.4 is 5.32 Å². The lowest BCUT2D eigenvalue weighted by molar-refractivity contribution is -0.159. The van der Waals surface area contributed by atoms with Crippen LogP contribution in [0.2, 0.25) is 0 Å². The molecule has 242 valence electrons. The van der Waals surface area contributed by atoms with Crippen molar-refractivity contribution < 1.29 is 33.8 Å². The number of amides is 3. The zero-order valence-corrected chi connectivity index (χ0v) is 27.6. The van der Waals surface area contributed by atoms with Gasteiger partial charge < -0.3 is 29.7 Å². The molecular weight excluding hydrogens is 618 g/mol. The maximum atomic E-state index is 14.4. The number of nitrogens with zero attached hydrogens (tertiary/aromatic N) is 2. The van der Waals surface area contributed by atoms with Crippen molar-refractivity contribution in [2.45, 2.75) is 113 Å². The summed E-state index contributed by atoms with van der Waals surface area (Å²) in [6, 6.07) is -0.930. The Labute approximate surface area is 264 Å². The highest BCUT2D eigenvalue weighted by molar-refractivity contribution is 9.09. The Morgan fingerprint density at radius 3 is 2.60 bits per heavy atom. The summed E-state index contributed by atoms with van der Waals surface area (Å²) in [5, 5.41) is 11.9. The minimum Gasteiger partial charge on any atom is -0.460 e. The van der Waals surface area contributed by atoms with Crippen LogP contribution in [0.4, 0.5) is 0 Å². The number of halogens is 1. The summed E-state index contributed by atoms with van der Waals surface area (Å²) in [7, 11) is 0. The number of aliphatic hydroxyl groups excluding tert-OH is 1. The molecule has 1 spiro atoms. The average molecular weight is 669 g/mol. The Kier molecular flexibility index (Phi) is 13.3. The molecule has 3 heterocycles. The van der Waals surface area contributed by atoms with Crippen molar-refractivity contribution in [3.05, 3.63) is 25.3 Å². The number of nitrogens with one attached hydrogen (secondary N) is 1. The molecule has 2 N–H and O–H groups in total. The summed E-state index contributed by atoms with van der Waals surface area (Å²) in [5.41, 5.74) is -1.16. The number of rotatable bonds is 19. The van der Waals surface area contributed by atoms with E-state index in [1.807, 2.05) is 6.92 Å². The third-order valence-corrected chi connectivity index (χ3v) is 9.77. The molecular formula is C32H50BrN3O7. The van der Waals surface area contributed by atoms with Crippen LogP contribution in [0.3, 0.4) is 0 Å². The van der Waals surface area contributed by atoms with Gasteiger partial charge in [-0.15, -0.1) is 13.2 Å². The fourth-order valence-electron chi connectivity index (χ4n) is 6.92. The lowest BCUT2D eigenvalue weighted by Gasteiger charge is -2.39. The second-order valence-electron chi connectivity index (χ2n) is 12.1. The minimum atomic E-state index is -1.16. The molecule has 0 aromatic carbocycles. The number of ether oxygens (including phenoxy) is 2. The molecule has 3 amide bonds. The predicted octanol–water partition coefficient (Wildman–Crippen LogP) is 3.50. The number of aliphatic hydroxyl groups is 1. The molecule has 0 aromatic heterocycles. The summed E-state index contributed by atoms with van der Waals surface area (Å²) in [6.07, 6.45) is 8.11. The molecule has 0 saturated carbocycles. The molecule has 8 atom stereocenters. The Bertz CT molecular complexity index is 1020. The predicted molar refractivity (Wildman–Crippen MR) is 167 cm³/mol. The summed E-state index contributed by atoms with van der Waals surface area (Å²) >= 11 is 3.70. The molecule has 3 fully saturated rings. The first kappa shape index (κ1) is 35.2. The number of hydrogen-bond acceptors (Lipinski definition) is 7. The van der Waals surface area contributed by atoms with Crippen LogP contribution in [0.15, 0.2) is 25.3 Å². The first-order valence-electron chi connectivity index (χ1n) is 15.8. The summed E-state index contributed by atoms with van der Waals surface area (Å²) < 4.78 is 12.4. The molecule has 0 aromatic rings. The van der Waals surface area contributed by atoms with Gasteiger partial charge in [0.15, 0.2) is 0 Å². The van der Waals surface area contributed by atoms with Crippen LogP contribution in [0.1, 0.15) is 78.6 Å². The molecule has 11 heteroatoms. The molecule has 0 radical (unpaired) electrons. The summed E-state index contributed by atoms with van der Waals surface area (Å²) in [4.78, 5) is 57.6. The van der Waals surface area contributed by atoms with Gasteiger partial charge in [0.25, 0.3) is 0 Å². The number of esters is 1. The molecule has 3 saturated heterocycles. The van der Waals surface area contributed by atoms with Crippen molar-refractivity contribution in [2.75, 3.05) is 26.2 Å². The minimum absolute atomic E-state index is 0.0610. The number of likely N-dealkylation sites (tertiary alicyclic amines) is 1. The lowest BCUT2D eigenvalue weighted by Crippen LogP contribution is -2.58. The van der Waals surface area contributed by atoms with Crippen molar-refractivity contribution >= 4 is 39.6 Å². The molecule has 3 aliphatic heterocycles. The molecule has 0 aliphatic carbocycles. The number of hydrogen-bond donors (Lipinski definition) is 2. The second-order valence-corrected chi connectivity index (χ2v) is 13.3. The Morgan fingerprint density at radius 1 is 1.23 bits per heavy atom. The summed E-state index contributed by atoms with van der Waals surface area (Å²) in [5.74, 6) is -2.87. The van der Waals surface area contributed by atoms with Gasteiger partial charge in [0.2, 0.25) is 17.7 Å². The maximum absolute atomic E-state index is 14.4. The van der Waals surface area contributed by atoms with E-state index in [9.17, 15) is 24.3 Å². The molecule has 3 aliphatic rings. The molecule has 43 heavy (non-hydrogen) atoms. The average Bonchev–Trinajstić information content (AvgIpc) is 3.56. The summed E-state index contributed by atoms with van der Waals surface area (Å²) in [6.45, 7) is 14.2. The highest BCUT2D eigenvalue weighted by Gasteiger charge is 2.77. The van der Waals surface area contributed by atoms with Crippen LogP contribution in [-0.2, 0) is 28.7 Å². The Morgan fingerprint density at radius 2 is 1.95 bits per heavy atom. The van der Waals surface area contributed by atoms with Crippen molar-refractivity contribution in [3.63, 3.8) is 0 Å². The highest BCUT2D eigenvalue weighted by Crippen LogP contribution is 2.60. The van der Waals surface area contributed by atoms with Gasteiger partial charge in [0.1, 0.15) is 17.7 Å². The van der Waals surface area contributed by atoms with Gasteiger partial charge in [-0.05, 0) is 46.0 Å². The highest BCUT2D eigenvalue weighted by atomic mass is 79.9.